The number of rotatable bonds is 8. The van der Waals surface area contributed by atoms with E-state index in [9.17, 15) is 9.59 Å². The average molecular weight is 425 g/mol. The molecule has 0 aromatic heterocycles. The number of amides is 2. The van der Waals surface area contributed by atoms with E-state index in [2.05, 4.69) is 10.9 Å². The molecule has 2 rings (SSSR count). The van der Waals surface area contributed by atoms with Crippen LogP contribution < -0.4 is 20.3 Å². The topological polar surface area (TPSA) is 76.7 Å². The number of hydrogen-bond donors (Lipinski definition) is 2. The van der Waals surface area contributed by atoms with Crippen LogP contribution in [0.4, 0.5) is 0 Å². The quantitative estimate of drug-likeness (QED) is 0.494. The molecule has 0 heterocycles. The van der Waals surface area contributed by atoms with Gasteiger partial charge in [0.25, 0.3) is 5.91 Å². The van der Waals surface area contributed by atoms with E-state index in [0.717, 1.165) is 5.56 Å². The van der Waals surface area contributed by atoms with Crippen molar-refractivity contribution in [3.63, 3.8) is 0 Å². The molecule has 6 nitrogen and oxygen atoms in total. The number of benzene rings is 2. The van der Waals surface area contributed by atoms with Crippen molar-refractivity contribution in [3.05, 3.63) is 58.1 Å². The molecule has 8 heteroatoms. The molecule has 0 spiro atoms. The Bertz CT molecular complexity index is 812. The maximum atomic E-state index is 12.0. The molecule has 0 fully saturated rings. The van der Waals surface area contributed by atoms with Crippen molar-refractivity contribution in [1.82, 2.24) is 10.9 Å². The standard InChI is InChI=1S/C20H22Cl2N2O4/c1-13-5-8-16(9-6-13)28-14(2)20(26)24-23-19(25)4-3-11-27-18-10-7-15(21)12-17(18)22/h5-10,12,14H,3-4,11H2,1-2H3,(H,23,25)(H,24,26). The Morgan fingerprint density at radius 2 is 1.79 bits per heavy atom. The molecule has 2 aromatic rings. The van der Waals surface area contributed by atoms with Crippen LogP contribution in [0.15, 0.2) is 42.5 Å². The highest BCUT2D eigenvalue weighted by Crippen LogP contribution is 2.27. The van der Waals surface area contributed by atoms with Crippen LogP contribution in [0.5, 0.6) is 11.5 Å². The Labute approximate surface area is 174 Å². The number of hydrogen-bond acceptors (Lipinski definition) is 4. The van der Waals surface area contributed by atoms with E-state index in [0.29, 0.717) is 34.6 Å². The van der Waals surface area contributed by atoms with E-state index in [1.165, 1.54) is 0 Å². The molecule has 0 aliphatic carbocycles. The summed E-state index contributed by atoms with van der Waals surface area (Å²) >= 11 is 11.8. The van der Waals surface area contributed by atoms with Crippen molar-refractivity contribution in [2.24, 2.45) is 0 Å². The zero-order valence-electron chi connectivity index (χ0n) is 15.6. The fourth-order valence-corrected chi connectivity index (χ4v) is 2.64. The molecule has 0 saturated carbocycles. The van der Waals surface area contributed by atoms with E-state index in [1.54, 1.807) is 37.3 Å². The van der Waals surface area contributed by atoms with Gasteiger partial charge in [-0.1, -0.05) is 40.9 Å². The summed E-state index contributed by atoms with van der Waals surface area (Å²) in [5, 5.41) is 0.930. The van der Waals surface area contributed by atoms with E-state index in [4.69, 9.17) is 32.7 Å². The van der Waals surface area contributed by atoms with Gasteiger partial charge in [0.2, 0.25) is 5.91 Å². The predicted octanol–water partition coefficient (Wildman–Crippen LogP) is 4.08. The summed E-state index contributed by atoms with van der Waals surface area (Å²) in [5.41, 5.74) is 5.80. The fraction of sp³-hybridized carbons (Fsp3) is 0.300. The van der Waals surface area contributed by atoms with Gasteiger partial charge in [0.15, 0.2) is 6.10 Å². The first-order valence-electron chi connectivity index (χ1n) is 8.75. The Balaban J connectivity index is 1.64. The first-order valence-corrected chi connectivity index (χ1v) is 9.50. The normalized spacial score (nSPS) is 11.4. The first kappa shape index (κ1) is 21.9. The lowest BCUT2D eigenvalue weighted by molar-refractivity contribution is -0.132. The van der Waals surface area contributed by atoms with Crippen molar-refractivity contribution in [2.45, 2.75) is 32.8 Å². The van der Waals surface area contributed by atoms with Crippen molar-refractivity contribution < 1.29 is 19.1 Å². The molecule has 0 bridgehead atoms. The second-order valence-corrected chi connectivity index (χ2v) is 6.98. The van der Waals surface area contributed by atoms with Crippen LogP contribution >= 0.6 is 23.2 Å². The number of carbonyl (C=O) groups excluding carboxylic acids is 2. The van der Waals surface area contributed by atoms with Crippen LogP contribution in [0.25, 0.3) is 0 Å². The minimum Gasteiger partial charge on any atom is -0.492 e. The monoisotopic (exact) mass is 424 g/mol. The average Bonchev–Trinajstić information content (AvgIpc) is 2.66. The molecule has 1 unspecified atom stereocenters. The predicted molar refractivity (Wildman–Crippen MR) is 109 cm³/mol. The third-order valence-corrected chi connectivity index (χ3v) is 4.26. The molecule has 1 atom stereocenters. The van der Waals surface area contributed by atoms with Crippen molar-refractivity contribution in [2.75, 3.05) is 6.61 Å². The van der Waals surface area contributed by atoms with Gasteiger partial charge in [-0.3, -0.25) is 20.4 Å². The molecule has 0 saturated heterocycles. The molecule has 28 heavy (non-hydrogen) atoms. The van der Waals surface area contributed by atoms with Crippen LogP contribution in [0.3, 0.4) is 0 Å². The number of carbonyl (C=O) groups is 2. The SMILES string of the molecule is Cc1ccc(OC(C)C(=O)NNC(=O)CCCOc2ccc(Cl)cc2Cl)cc1. The van der Waals surface area contributed by atoms with E-state index in [-0.39, 0.29) is 12.3 Å². The van der Waals surface area contributed by atoms with E-state index < -0.39 is 12.0 Å². The van der Waals surface area contributed by atoms with Crippen LogP contribution in [-0.2, 0) is 9.59 Å². The second-order valence-electron chi connectivity index (χ2n) is 6.14. The fourth-order valence-electron chi connectivity index (χ4n) is 2.18. The Hall–Kier alpha value is -2.44. The van der Waals surface area contributed by atoms with Gasteiger partial charge in [0.1, 0.15) is 11.5 Å². The van der Waals surface area contributed by atoms with E-state index >= 15 is 0 Å². The van der Waals surface area contributed by atoms with Gasteiger partial charge >= 0.3 is 0 Å². The largest absolute Gasteiger partial charge is 0.492 e. The van der Waals surface area contributed by atoms with Gasteiger partial charge in [-0.2, -0.15) is 0 Å². The van der Waals surface area contributed by atoms with E-state index in [1.807, 2.05) is 19.1 Å². The van der Waals surface area contributed by atoms with Gasteiger partial charge in [-0.05, 0) is 50.6 Å². The molecule has 0 radical (unpaired) electrons. The van der Waals surface area contributed by atoms with Gasteiger partial charge in [-0.15, -0.1) is 0 Å². The molecule has 0 aliphatic rings. The zero-order valence-corrected chi connectivity index (χ0v) is 17.1. The van der Waals surface area contributed by atoms with Gasteiger partial charge in [0, 0.05) is 11.4 Å². The minimum absolute atomic E-state index is 0.179. The summed E-state index contributed by atoms with van der Waals surface area (Å²) < 4.78 is 11.0. The first-order chi connectivity index (χ1) is 13.3. The molecular weight excluding hydrogens is 403 g/mol. The number of halogens is 2. The minimum atomic E-state index is -0.751. The third-order valence-electron chi connectivity index (χ3n) is 3.73. The van der Waals surface area contributed by atoms with Crippen molar-refractivity contribution >= 4 is 35.0 Å². The lowest BCUT2D eigenvalue weighted by atomic mass is 10.2. The number of aryl methyl sites for hydroxylation is 1. The smallest absolute Gasteiger partial charge is 0.279 e. The Morgan fingerprint density at radius 1 is 1.07 bits per heavy atom. The van der Waals surface area contributed by atoms with Crippen LogP contribution in [-0.4, -0.2) is 24.5 Å². The summed E-state index contributed by atoms with van der Waals surface area (Å²) in [6.07, 6.45) is -0.118. The highest BCUT2D eigenvalue weighted by molar-refractivity contribution is 6.35. The highest BCUT2D eigenvalue weighted by Gasteiger charge is 2.15. The zero-order chi connectivity index (χ0) is 20.5. The van der Waals surface area contributed by atoms with Gasteiger partial charge in [-0.25, -0.2) is 0 Å². The van der Waals surface area contributed by atoms with Crippen LogP contribution in [0, 0.1) is 6.92 Å². The highest BCUT2D eigenvalue weighted by atomic mass is 35.5. The maximum Gasteiger partial charge on any atom is 0.279 e. The van der Waals surface area contributed by atoms with Gasteiger partial charge < -0.3 is 9.47 Å². The molecule has 150 valence electrons. The number of ether oxygens (including phenoxy) is 2. The van der Waals surface area contributed by atoms with Crippen molar-refractivity contribution in [1.29, 1.82) is 0 Å². The van der Waals surface area contributed by atoms with Crippen LogP contribution in [0.1, 0.15) is 25.3 Å². The lowest BCUT2D eigenvalue weighted by Gasteiger charge is -2.15. The Morgan fingerprint density at radius 3 is 2.46 bits per heavy atom. The van der Waals surface area contributed by atoms with Crippen LogP contribution in [0.2, 0.25) is 10.0 Å². The third kappa shape index (κ3) is 7.29. The molecular formula is C20H22Cl2N2O4. The van der Waals surface area contributed by atoms with Gasteiger partial charge in [0.05, 0.1) is 11.6 Å². The summed E-state index contributed by atoms with van der Waals surface area (Å²) in [6.45, 7) is 3.87. The molecule has 0 aliphatic heterocycles. The molecule has 2 aromatic carbocycles. The maximum absolute atomic E-state index is 12.0. The lowest BCUT2D eigenvalue weighted by Crippen LogP contribution is -2.47. The summed E-state index contributed by atoms with van der Waals surface area (Å²) in [5.74, 6) is 0.305. The number of hydrazine groups is 1. The summed E-state index contributed by atoms with van der Waals surface area (Å²) in [4.78, 5) is 23.8. The second kappa shape index (κ2) is 10.8. The molecule has 2 amide bonds. The molecule has 2 N–H and O–H groups in total. The van der Waals surface area contributed by atoms with Crippen molar-refractivity contribution in [3.8, 4) is 11.5 Å². The summed E-state index contributed by atoms with van der Waals surface area (Å²) in [6, 6.07) is 12.3. The Kier molecular flexibility index (Phi) is 8.42. The summed E-state index contributed by atoms with van der Waals surface area (Å²) in [7, 11) is 0. The number of nitrogens with one attached hydrogen (secondary N) is 2.